The lowest BCUT2D eigenvalue weighted by molar-refractivity contribution is 0.669. The first-order chi connectivity index (χ1) is 71.2. The molecule has 0 aliphatic rings. The van der Waals surface area contributed by atoms with E-state index in [2.05, 4.69) is 682 Å². The van der Waals surface area contributed by atoms with Gasteiger partial charge < -0.3 is 18.1 Å². The molecule has 4 nitrogen and oxygen atoms in total. The first kappa shape index (κ1) is 97.1. The van der Waals surface area contributed by atoms with Gasteiger partial charge in [-0.3, -0.25) is 0 Å². The van der Waals surface area contributed by atoms with E-state index in [0.29, 0.717) is 0 Å². The van der Waals surface area contributed by atoms with E-state index in [1.807, 2.05) is 24.3 Å². The molecular weight excluding hydrogens is 1730 g/mol. The highest BCUT2D eigenvalue weighted by Gasteiger charge is 2.21. The van der Waals surface area contributed by atoms with Gasteiger partial charge in [0, 0.05) is 470 Å². The van der Waals surface area contributed by atoms with Crippen molar-refractivity contribution in [3.8, 4) is 532 Å². The van der Waals surface area contributed by atoms with Crippen molar-refractivity contribution in [1.82, 2.24) is 4.40 Å². The Kier molecular flexibility index (Phi) is 41.0. The second-order valence-corrected chi connectivity index (χ2v) is 25.3. The lowest BCUT2D eigenvalue weighted by Crippen LogP contribution is -2.09. The molecule has 0 bridgehead atoms. The summed E-state index contributed by atoms with van der Waals surface area (Å²) in [6.45, 7) is 1.68. The van der Waals surface area contributed by atoms with Crippen molar-refractivity contribution in [1.29, 1.82) is 0 Å². The first-order valence-corrected chi connectivity index (χ1v) is 40.8. The molecule has 0 fully saturated rings. The van der Waals surface area contributed by atoms with Gasteiger partial charge in [0.15, 0.2) is 0 Å². The van der Waals surface area contributed by atoms with E-state index in [4.69, 9.17) is 15.3 Å². The van der Waals surface area contributed by atoms with Crippen LogP contribution < -0.4 is 4.90 Å². The van der Waals surface area contributed by atoms with E-state index in [9.17, 15) is 0 Å². The Hall–Kier alpha value is -26.5. The van der Waals surface area contributed by atoms with Crippen molar-refractivity contribution in [2.45, 2.75) is 6.92 Å². The maximum Gasteiger partial charge on any atom is 0.137 e. The van der Waals surface area contributed by atoms with Gasteiger partial charge in [-0.25, -0.2) is 0 Å². The van der Waals surface area contributed by atoms with Gasteiger partial charge in [-0.2, -0.15) is 0 Å². The second-order valence-electron chi connectivity index (χ2n) is 25.3. The average Bonchev–Trinajstić information content (AvgIpc) is 1.56. The highest BCUT2D eigenvalue weighted by atomic mass is 16.3. The summed E-state index contributed by atoms with van der Waals surface area (Å²) in [5.41, 5.74) is 14.9. The number of benzene rings is 8. The average molecular weight is 1770 g/mol. The molecule has 614 valence electrons. The summed E-state index contributed by atoms with van der Waals surface area (Å²) in [6.07, 6.45) is 4.95. The lowest BCUT2D eigenvalue weighted by Gasteiger charge is -2.25. The summed E-state index contributed by atoms with van der Waals surface area (Å²) in [7, 11) is 0. The van der Waals surface area contributed by atoms with E-state index in [0.717, 1.165) is 66.5 Å². The fourth-order valence-corrected chi connectivity index (χ4v) is 11.5. The number of pyridine rings is 1. The number of furan rings is 2. The molecule has 0 aliphatic carbocycles. The van der Waals surface area contributed by atoms with Crippen molar-refractivity contribution in [3.05, 3.63) is 194 Å². The molecule has 0 saturated heterocycles. The van der Waals surface area contributed by atoms with Gasteiger partial charge in [0.25, 0.3) is 0 Å². The molecule has 143 heavy (non-hydrogen) atoms. The van der Waals surface area contributed by atoms with Gasteiger partial charge >= 0.3 is 0 Å². The van der Waals surface area contributed by atoms with Gasteiger partial charge in [0.1, 0.15) is 22.3 Å². The van der Waals surface area contributed by atoms with Crippen LogP contribution in [0.15, 0.2) is 203 Å². The third-order valence-corrected chi connectivity index (χ3v) is 16.7. The molecule has 0 aliphatic heterocycles. The zero-order valence-electron chi connectivity index (χ0n) is 74.3. The number of rotatable bonds is 5. The molecule has 0 radical (unpaired) electrons. The van der Waals surface area contributed by atoms with Gasteiger partial charge in [-0.1, -0.05) is 127 Å². The predicted octanol–water partition coefficient (Wildman–Crippen LogP) is 15.6. The summed E-state index contributed by atoms with van der Waals surface area (Å²) in [4.78, 5) is 2.29. The summed E-state index contributed by atoms with van der Waals surface area (Å²) in [5, 5.41) is 6.87. The molecule has 0 N–H and O–H groups in total. The van der Waals surface area contributed by atoms with E-state index >= 15 is 0 Å². The molecule has 0 amide bonds. The predicted molar refractivity (Wildman–Crippen MR) is 574 cm³/mol. The molecule has 8 aromatic carbocycles. The monoisotopic (exact) mass is 1760 g/mol. The van der Waals surface area contributed by atoms with E-state index in [-0.39, 0.29) is 0 Å². The number of anilines is 3. The largest absolute Gasteiger partial charge is 0.456 e. The van der Waals surface area contributed by atoms with Crippen molar-refractivity contribution in [2.24, 2.45) is 0 Å². The molecular formula is C139H36N2O2. The smallest absolute Gasteiger partial charge is 0.137 e. The number of hydrogen-bond acceptors (Lipinski definition) is 3. The van der Waals surface area contributed by atoms with Crippen molar-refractivity contribution < 1.29 is 8.83 Å². The third kappa shape index (κ3) is 33.9. The number of para-hydroxylation sites is 4. The van der Waals surface area contributed by atoms with Gasteiger partial charge in [0.2, 0.25) is 0 Å². The van der Waals surface area contributed by atoms with E-state index in [1.54, 1.807) is 6.92 Å². The van der Waals surface area contributed by atoms with Crippen molar-refractivity contribution in [3.63, 3.8) is 0 Å². The van der Waals surface area contributed by atoms with Crippen LogP contribution in [0.25, 0.3) is 93.5 Å². The van der Waals surface area contributed by atoms with Crippen LogP contribution >= 0.6 is 0 Å². The van der Waals surface area contributed by atoms with Gasteiger partial charge in [-0.05, 0) is 179 Å². The Labute approximate surface area is 833 Å². The van der Waals surface area contributed by atoms with Crippen LogP contribution in [0.3, 0.4) is 0 Å². The van der Waals surface area contributed by atoms with Crippen LogP contribution in [0.4, 0.5) is 17.1 Å². The third-order valence-electron chi connectivity index (χ3n) is 16.7. The minimum Gasteiger partial charge on any atom is -0.456 e. The maximum atomic E-state index is 6.40. The number of terminal acetylenes is 1. The number of aromatic nitrogens is 1. The molecule has 4 heteroatoms. The van der Waals surface area contributed by atoms with Crippen LogP contribution in [0.1, 0.15) is 6.92 Å². The Bertz CT molecular complexity index is 10500. The zero-order chi connectivity index (χ0) is 98.8. The maximum absolute atomic E-state index is 6.40. The van der Waals surface area contributed by atoms with Crippen LogP contribution in [0, 0.1) is 510 Å². The molecule has 0 unspecified atom stereocenters. The van der Waals surface area contributed by atoms with Crippen molar-refractivity contribution in [2.75, 3.05) is 4.90 Å². The summed E-state index contributed by atoms with van der Waals surface area (Å²) in [5.74, 6) is 212. The first-order valence-electron chi connectivity index (χ1n) is 40.8. The molecule has 12 aromatic rings. The summed E-state index contributed by atoms with van der Waals surface area (Å²) in [6, 6.07) is 69.1. The normalized spacial score (nSPS) is 7.08. The topological polar surface area (TPSA) is 33.9 Å². The Morgan fingerprint density at radius 2 is 0.455 bits per heavy atom. The second kappa shape index (κ2) is 60.3. The SMILES string of the molecule is C#CC#CC#CC#CC#CC#CC#CC#CC#CC#CC#CC#CC#CC#CC#CC#CC#CC#CC#CC#CC#CC#CC#CC#CC#CC#CC#CC#CC#CC#CC#CC#CC#CC#CC#CC#CC#CC#CC#CC#CC#CC#CC#CC.c1ccc(-c2c3cccc(-c4ccc(N(c5ccc6c(c5)oc5ccccc56)c5ccc6c(c5)oc5ccccc56)cc4)c3n3c2ccc2ccccc23)cc1. The standard InChI is InChI=1S/C87H4.C52H32N2O2/c1-3-5-7-9-11-13-15-17-19-21-23-25-27-29-31-33-35-37-39-41-43-45-47-49-51-53-55-57-59-61-63-65-67-69-71-73-75-77-79-81-83-85-87-86-84-82-80-78-76-74-72-70-68-66-64-62-60-58-56-54-52-50-48-46-44-42-40-38-36-34-32-30-28-26-24-22-20-18-16-14-12-10-8-6-4-2;1-2-12-35(13-3-1)51-44-17-10-16-39(52(44)54-45-18-7-4-11-34(45)23-30-46(51)54)33-21-24-36(25-22-33)53(37-26-28-42-40-14-5-8-19-47(40)55-49(42)31-37)38-27-29-43-41-15-6-9-20-48(41)56-50(43)32-38/h1H,2H3;1-32H. The van der Waals surface area contributed by atoms with Crippen LogP contribution in [-0.4, -0.2) is 4.40 Å². The molecule has 0 atom stereocenters. The molecule has 4 heterocycles. The highest BCUT2D eigenvalue weighted by Crippen LogP contribution is 2.44. The van der Waals surface area contributed by atoms with Crippen LogP contribution in [0.2, 0.25) is 0 Å². The van der Waals surface area contributed by atoms with Crippen LogP contribution in [-0.2, 0) is 0 Å². The molecule has 12 rings (SSSR count). The zero-order valence-corrected chi connectivity index (χ0v) is 74.3. The Balaban J connectivity index is 0.000000294. The number of nitrogens with zero attached hydrogens (tertiary/aromatic N) is 2. The Morgan fingerprint density at radius 1 is 0.196 bits per heavy atom. The quantitative estimate of drug-likeness (QED) is 0.161. The summed E-state index contributed by atoms with van der Waals surface area (Å²) < 4.78 is 15.2. The van der Waals surface area contributed by atoms with E-state index in [1.165, 1.54) is 44.0 Å². The molecule has 4 aromatic heterocycles. The van der Waals surface area contributed by atoms with Gasteiger partial charge in [-0.15, -0.1) is 6.42 Å². The highest BCUT2D eigenvalue weighted by molar-refractivity contribution is 6.14. The van der Waals surface area contributed by atoms with Gasteiger partial charge in [0.05, 0.1) is 16.6 Å². The molecule has 0 spiro atoms. The summed E-state index contributed by atoms with van der Waals surface area (Å²) >= 11 is 0. The fourth-order valence-electron chi connectivity index (χ4n) is 11.5. The fraction of sp³-hybridized carbons (Fsp3) is 0.00719. The minimum absolute atomic E-state index is 0.850. The molecule has 0 saturated carbocycles. The van der Waals surface area contributed by atoms with Crippen molar-refractivity contribution >= 4 is 88.3 Å². The van der Waals surface area contributed by atoms with Crippen LogP contribution in [0.5, 0.6) is 0 Å². The Morgan fingerprint density at radius 3 is 0.762 bits per heavy atom. The lowest BCUT2D eigenvalue weighted by atomic mass is 9.98. The number of hydrogen-bond donors (Lipinski definition) is 0. The minimum atomic E-state index is 0.850. The number of fused-ring (bicyclic) bond motifs is 11. The van der Waals surface area contributed by atoms with E-state index < -0.39 is 0 Å².